The van der Waals surface area contributed by atoms with Crippen LogP contribution in [0.3, 0.4) is 0 Å². The largest absolute Gasteiger partial charge is 0.438 e. The molecule has 2 saturated heterocycles. The molecule has 0 unspecified atom stereocenters. The predicted octanol–water partition coefficient (Wildman–Crippen LogP) is 3.49. The van der Waals surface area contributed by atoms with E-state index < -0.39 is 0 Å². The van der Waals surface area contributed by atoms with Crippen molar-refractivity contribution in [3.63, 3.8) is 0 Å². The van der Waals surface area contributed by atoms with Gasteiger partial charge in [-0.3, -0.25) is 9.69 Å². The average Bonchev–Trinajstić information content (AvgIpc) is 3.28. The third kappa shape index (κ3) is 5.35. The number of carbonyl (C=O) groups is 1. The van der Waals surface area contributed by atoms with Gasteiger partial charge in [-0.2, -0.15) is 0 Å². The zero-order valence-corrected chi connectivity index (χ0v) is 18.2. The number of halogens is 1. The lowest BCUT2D eigenvalue weighted by Crippen LogP contribution is -2.50. The molecular weight excluding hydrogens is 432 g/mol. The standard InChI is InChI=1S/C22H27BrN4O2/c23-18-5-7-19(8-6-18)29-21-20(4-3-9-24-21)22(28)27-16-14-26(15-17-27)13-12-25-10-1-2-11-25/h3-9H,1-2,10-17H2. The molecule has 154 valence electrons. The average molecular weight is 459 g/mol. The molecule has 4 rings (SSSR count). The van der Waals surface area contributed by atoms with E-state index in [2.05, 4.69) is 30.7 Å². The number of hydrogen-bond donors (Lipinski definition) is 0. The molecule has 2 fully saturated rings. The van der Waals surface area contributed by atoms with Gasteiger partial charge < -0.3 is 14.5 Å². The van der Waals surface area contributed by atoms with Crippen molar-refractivity contribution < 1.29 is 9.53 Å². The summed E-state index contributed by atoms with van der Waals surface area (Å²) in [5.74, 6) is 1.01. The molecule has 0 aliphatic carbocycles. The second-order valence-electron chi connectivity index (χ2n) is 7.59. The number of pyridine rings is 1. The van der Waals surface area contributed by atoms with E-state index in [0.717, 1.165) is 43.7 Å². The van der Waals surface area contributed by atoms with Crippen LogP contribution in [0.4, 0.5) is 0 Å². The van der Waals surface area contributed by atoms with E-state index in [1.165, 1.54) is 25.9 Å². The third-order valence-corrected chi connectivity index (χ3v) is 6.15. The molecule has 0 spiro atoms. The van der Waals surface area contributed by atoms with Crippen molar-refractivity contribution in [2.24, 2.45) is 0 Å². The van der Waals surface area contributed by atoms with Crippen LogP contribution in [0.1, 0.15) is 23.2 Å². The number of rotatable bonds is 6. The fourth-order valence-electron chi connectivity index (χ4n) is 3.88. The zero-order chi connectivity index (χ0) is 20.1. The summed E-state index contributed by atoms with van der Waals surface area (Å²) in [5, 5.41) is 0. The summed E-state index contributed by atoms with van der Waals surface area (Å²) in [6.07, 6.45) is 4.32. The Bertz CT molecular complexity index is 816. The Kier molecular flexibility index (Phi) is 6.79. The van der Waals surface area contributed by atoms with Crippen LogP contribution in [0, 0.1) is 0 Å². The van der Waals surface area contributed by atoms with Crippen molar-refractivity contribution >= 4 is 21.8 Å². The van der Waals surface area contributed by atoms with Crippen molar-refractivity contribution in [3.05, 3.63) is 52.6 Å². The van der Waals surface area contributed by atoms with Crippen molar-refractivity contribution in [2.45, 2.75) is 12.8 Å². The number of benzene rings is 1. The first-order valence-electron chi connectivity index (χ1n) is 10.3. The molecule has 1 amide bonds. The lowest BCUT2D eigenvalue weighted by atomic mass is 10.2. The number of nitrogens with zero attached hydrogens (tertiary/aromatic N) is 4. The Hall–Kier alpha value is -1.96. The van der Waals surface area contributed by atoms with Crippen LogP contribution in [0.25, 0.3) is 0 Å². The number of aromatic nitrogens is 1. The minimum atomic E-state index is -0.00981. The highest BCUT2D eigenvalue weighted by atomic mass is 79.9. The van der Waals surface area contributed by atoms with Crippen LogP contribution < -0.4 is 4.74 Å². The Morgan fingerprint density at radius 1 is 0.931 bits per heavy atom. The smallest absolute Gasteiger partial charge is 0.259 e. The third-order valence-electron chi connectivity index (χ3n) is 5.62. The maximum atomic E-state index is 13.1. The Labute approximate surface area is 180 Å². The van der Waals surface area contributed by atoms with Gasteiger partial charge in [0.05, 0.1) is 0 Å². The molecule has 6 nitrogen and oxygen atoms in total. The topological polar surface area (TPSA) is 48.9 Å². The van der Waals surface area contributed by atoms with Gasteiger partial charge in [-0.1, -0.05) is 15.9 Å². The van der Waals surface area contributed by atoms with Gasteiger partial charge in [0.1, 0.15) is 11.3 Å². The Morgan fingerprint density at radius 2 is 1.59 bits per heavy atom. The summed E-state index contributed by atoms with van der Waals surface area (Å²) < 4.78 is 6.87. The first kappa shape index (κ1) is 20.3. The summed E-state index contributed by atoms with van der Waals surface area (Å²) in [5.41, 5.74) is 0.515. The van der Waals surface area contributed by atoms with Crippen molar-refractivity contribution in [3.8, 4) is 11.6 Å². The van der Waals surface area contributed by atoms with Gasteiger partial charge in [-0.25, -0.2) is 4.98 Å². The quantitative estimate of drug-likeness (QED) is 0.662. The lowest BCUT2D eigenvalue weighted by molar-refractivity contribution is 0.0623. The summed E-state index contributed by atoms with van der Waals surface area (Å²) in [6.45, 7) is 8.03. The normalized spacial score (nSPS) is 18.2. The molecule has 2 aliphatic heterocycles. The van der Waals surface area contributed by atoms with E-state index >= 15 is 0 Å². The number of hydrogen-bond acceptors (Lipinski definition) is 5. The SMILES string of the molecule is O=C(c1cccnc1Oc1ccc(Br)cc1)N1CCN(CCN2CCCC2)CC1. The van der Waals surface area contributed by atoms with Crippen LogP contribution in [0.2, 0.25) is 0 Å². The molecule has 7 heteroatoms. The molecule has 1 aromatic carbocycles. The number of ether oxygens (including phenoxy) is 1. The molecule has 2 aliphatic rings. The summed E-state index contributed by atoms with van der Waals surface area (Å²) >= 11 is 3.42. The van der Waals surface area contributed by atoms with Crippen LogP contribution in [0.5, 0.6) is 11.6 Å². The molecule has 0 saturated carbocycles. The maximum absolute atomic E-state index is 13.1. The van der Waals surface area contributed by atoms with E-state index in [1.807, 2.05) is 29.2 Å². The van der Waals surface area contributed by atoms with Crippen molar-refractivity contribution in [1.29, 1.82) is 0 Å². The number of likely N-dealkylation sites (tertiary alicyclic amines) is 1. The second-order valence-corrected chi connectivity index (χ2v) is 8.51. The van der Waals surface area contributed by atoms with Gasteiger partial charge >= 0.3 is 0 Å². The van der Waals surface area contributed by atoms with Gasteiger partial charge in [0.25, 0.3) is 5.91 Å². The van der Waals surface area contributed by atoms with E-state index in [4.69, 9.17) is 4.74 Å². The molecule has 0 bridgehead atoms. The van der Waals surface area contributed by atoms with E-state index in [9.17, 15) is 4.79 Å². The van der Waals surface area contributed by atoms with Gasteiger partial charge in [0.2, 0.25) is 5.88 Å². The monoisotopic (exact) mass is 458 g/mol. The molecule has 0 radical (unpaired) electrons. The van der Waals surface area contributed by atoms with Crippen molar-refractivity contribution in [2.75, 3.05) is 52.4 Å². The van der Waals surface area contributed by atoms with Crippen molar-refractivity contribution in [1.82, 2.24) is 19.7 Å². The number of piperazine rings is 1. The lowest BCUT2D eigenvalue weighted by Gasteiger charge is -2.35. The Morgan fingerprint density at radius 3 is 2.28 bits per heavy atom. The highest BCUT2D eigenvalue weighted by molar-refractivity contribution is 9.10. The van der Waals surface area contributed by atoms with Gasteiger partial charge in [0.15, 0.2) is 0 Å². The van der Waals surface area contributed by atoms with E-state index in [-0.39, 0.29) is 5.91 Å². The molecule has 1 aromatic heterocycles. The highest BCUT2D eigenvalue weighted by Crippen LogP contribution is 2.25. The predicted molar refractivity (Wildman–Crippen MR) is 116 cm³/mol. The number of amides is 1. The van der Waals surface area contributed by atoms with Crippen LogP contribution in [-0.2, 0) is 0 Å². The van der Waals surface area contributed by atoms with Gasteiger partial charge in [-0.05, 0) is 62.3 Å². The second kappa shape index (κ2) is 9.69. The number of carbonyl (C=O) groups excluding carboxylic acids is 1. The Balaban J connectivity index is 1.34. The minimum Gasteiger partial charge on any atom is -0.438 e. The van der Waals surface area contributed by atoms with E-state index in [0.29, 0.717) is 17.2 Å². The van der Waals surface area contributed by atoms with Gasteiger partial charge in [-0.15, -0.1) is 0 Å². The molecule has 0 N–H and O–H groups in total. The molecule has 2 aromatic rings. The maximum Gasteiger partial charge on any atom is 0.259 e. The fraction of sp³-hybridized carbons (Fsp3) is 0.455. The first-order valence-corrected chi connectivity index (χ1v) is 11.1. The molecule has 29 heavy (non-hydrogen) atoms. The van der Waals surface area contributed by atoms with Gasteiger partial charge in [0, 0.05) is 49.9 Å². The molecule has 3 heterocycles. The molecular formula is C22H27BrN4O2. The summed E-state index contributed by atoms with van der Waals surface area (Å²) in [6, 6.07) is 11.1. The molecule has 0 atom stereocenters. The van der Waals surface area contributed by atoms with Crippen LogP contribution in [0.15, 0.2) is 47.1 Å². The minimum absolute atomic E-state index is 0.00981. The first-order chi connectivity index (χ1) is 14.2. The fourth-order valence-corrected chi connectivity index (χ4v) is 4.15. The zero-order valence-electron chi connectivity index (χ0n) is 16.6. The summed E-state index contributed by atoms with van der Waals surface area (Å²) in [7, 11) is 0. The van der Waals surface area contributed by atoms with Crippen LogP contribution >= 0.6 is 15.9 Å². The summed E-state index contributed by atoms with van der Waals surface area (Å²) in [4.78, 5) is 24.3. The highest BCUT2D eigenvalue weighted by Gasteiger charge is 2.25. The van der Waals surface area contributed by atoms with Crippen LogP contribution in [-0.4, -0.2) is 77.9 Å². The van der Waals surface area contributed by atoms with E-state index in [1.54, 1.807) is 18.3 Å².